The minimum Gasteiger partial charge on any atom is -0.461 e. The lowest BCUT2D eigenvalue weighted by Crippen LogP contribution is -2.29. The highest BCUT2D eigenvalue weighted by molar-refractivity contribution is 6.28. The van der Waals surface area contributed by atoms with E-state index >= 15 is 0 Å². The van der Waals surface area contributed by atoms with Crippen molar-refractivity contribution >= 4 is 59.4 Å². The largest absolute Gasteiger partial charge is 0.461 e. The fourth-order valence-electron chi connectivity index (χ4n) is 4.82. The highest BCUT2D eigenvalue weighted by Gasteiger charge is 2.25. The van der Waals surface area contributed by atoms with Crippen LogP contribution in [0.25, 0.3) is 12.2 Å². The average molecular weight is 818 g/mol. The number of fused-ring (bicyclic) bond motifs is 2. The fourth-order valence-corrected chi connectivity index (χ4v) is 4.82. The van der Waals surface area contributed by atoms with Gasteiger partial charge in [-0.25, -0.2) is 19.3 Å². The van der Waals surface area contributed by atoms with Gasteiger partial charge in [-0.15, -0.1) is 0 Å². The Morgan fingerprint density at radius 2 is 1.20 bits per heavy atom. The monoisotopic (exact) mass is 817 g/mol. The molecule has 4 amide bonds. The van der Waals surface area contributed by atoms with Crippen LogP contribution in [0.5, 0.6) is 0 Å². The molecule has 7 rings (SSSR count). The number of esters is 3. The van der Waals surface area contributed by atoms with Gasteiger partial charge in [0.25, 0.3) is 23.6 Å². The first-order chi connectivity index (χ1) is 28.5. The highest BCUT2D eigenvalue weighted by Crippen LogP contribution is 2.38. The van der Waals surface area contributed by atoms with Crippen LogP contribution in [-0.2, 0) is 43.0 Å². The Bertz CT molecular complexity index is 1860. The molecule has 1 fully saturated rings. The summed E-state index contributed by atoms with van der Waals surface area (Å²) in [4.78, 5) is 76.2. The summed E-state index contributed by atoms with van der Waals surface area (Å²) in [5.41, 5.74) is 4.37. The first kappa shape index (κ1) is 51.0. The van der Waals surface area contributed by atoms with Crippen LogP contribution in [0, 0.1) is 11.8 Å². The predicted octanol–water partition coefficient (Wildman–Crippen LogP) is 7.30. The smallest absolute Gasteiger partial charge is 0.338 e. The second-order valence-corrected chi connectivity index (χ2v) is 13.5. The number of nitrogens with zero attached hydrogens (tertiary/aromatic N) is 2. The standard InChI is InChI=1S/C10H7NO2.C10H10.C8H15NO2.C7H10.C5H8.C4H3NO2.C4H2O3/c12-9-6-7-10(13)11(9)8-4-2-1-3-5-8;1-3-9-5-7-10(4-2)8-6-9;1-7(2)8(10)11-6-5-9(3)4;1-2-7-4-3-6(1)5-7;1-4-5(2)3;6-3-1-2-4(7)5-3;5-3-1-2-4(6)7-3/h1-7H;3-8H,1-2H2;1,5-6H2,2-4H3;1-2,6-7H,3-5H2;4H,1-2H2,3H3;1-2H,(H,5,6,7);1-2H. The summed E-state index contributed by atoms with van der Waals surface area (Å²) in [6.45, 7) is 22.5. The molecule has 0 aromatic heterocycles. The number of hydrogen-bond acceptors (Lipinski definition) is 10. The van der Waals surface area contributed by atoms with Crippen molar-refractivity contribution in [2.24, 2.45) is 11.8 Å². The zero-order valence-corrected chi connectivity index (χ0v) is 34.8. The molecule has 1 saturated carbocycles. The summed E-state index contributed by atoms with van der Waals surface area (Å²) < 4.78 is 8.81. The second-order valence-electron chi connectivity index (χ2n) is 13.5. The fraction of sp³-hybridized carbons (Fsp3) is 0.229. The van der Waals surface area contributed by atoms with E-state index in [0.717, 1.165) is 52.1 Å². The number of benzene rings is 2. The molecular weight excluding hydrogens is 763 g/mol. The molecule has 2 bridgehead atoms. The number of carbonyl (C=O) groups excluding carboxylic acids is 7. The molecule has 0 saturated heterocycles. The number of ether oxygens (including phenoxy) is 2. The van der Waals surface area contributed by atoms with Crippen LogP contribution in [-0.4, -0.2) is 73.7 Å². The first-order valence-corrected chi connectivity index (χ1v) is 18.9. The van der Waals surface area contributed by atoms with E-state index in [-0.39, 0.29) is 29.6 Å². The van der Waals surface area contributed by atoms with Crippen LogP contribution in [0.1, 0.15) is 44.2 Å². The molecule has 1 N–H and O–H groups in total. The molecular formula is C48H55N3O9. The summed E-state index contributed by atoms with van der Waals surface area (Å²) in [6.07, 6.45) is 21.7. The maximum atomic E-state index is 11.2. The molecule has 2 unspecified atom stereocenters. The van der Waals surface area contributed by atoms with E-state index in [1.165, 1.54) is 43.6 Å². The Morgan fingerprint density at radius 1 is 0.750 bits per heavy atom. The van der Waals surface area contributed by atoms with Crippen molar-refractivity contribution in [1.82, 2.24) is 10.2 Å². The lowest BCUT2D eigenvalue weighted by atomic mass is 10.1. The molecule has 12 nitrogen and oxygen atoms in total. The summed E-state index contributed by atoms with van der Waals surface area (Å²) in [5.74, 6) is -0.709. The molecule has 5 aliphatic rings. The number of carbonyl (C=O) groups is 7. The van der Waals surface area contributed by atoms with Crippen LogP contribution < -0.4 is 10.2 Å². The normalized spacial score (nSPS) is 16.6. The number of amides is 4. The van der Waals surface area contributed by atoms with Gasteiger partial charge in [0.2, 0.25) is 0 Å². The molecule has 2 aromatic rings. The van der Waals surface area contributed by atoms with Gasteiger partial charge in [0, 0.05) is 48.6 Å². The first-order valence-electron chi connectivity index (χ1n) is 18.9. The molecule has 0 spiro atoms. The van der Waals surface area contributed by atoms with Gasteiger partial charge in [-0.05, 0) is 82.3 Å². The van der Waals surface area contributed by atoms with E-state index in [0.29, 0.717) is 17.9 Å². The summed E-state index contributed by atoms with van der Waals surface area (Å²) in [6, 6.07) is 16.9. The molecule has 12 heteroatoms. The molecule has 3 heterocycles. The van der Waals surface area contributed by atoms with Crippen LogP contribution in [0.2, 0.25) is 0 Å². The van der Waals surface area contributed by atoms with E-state index in [9.17, 15) is 33.6 Å². The summed E-state index contributed by atoms with van der Waals surface area (Å²) >= 11 is 0. The Hall–Kier alpha value is -7.05. The Labute approximate surface area is 353 Å². The molecule has 2 aliphatic carbocycles. The van der Waals surface area contributed by atoms with Gasteiger partial charge < -0.3 is 14.4 Å². The van der Waals surface area contributed by atoms with Crippen molar-refractivity contribution in [3.05, 3.63) is 164 Å². The molecule has 0 radical (unpaired) electrons. The van der Waals surface area contributed by atoms with Crippen molar-refractivity contribution in [1.29, 1.82) is 0 Å². The third-order valence-electron chi connectivity index (χ3n) is 8.06. The van der Waals surface area contributed by atoms with Gasteiger partial charge in [0.1, 0.15) is 6.61 Å². The van der Waals surface area contributed by atoms with Crippen molar-refractivity contribution in [3.8, 4) is 0 Å². The maximum Gasteiger partial charge on any atom is 0.338 e. The van der Waals surface area contributed by atoms with Crippen molar-refractivity contribution in [2.45, 2.75) is 33.1 Å². The lowest BCUT2D eigenvalue weighted by molar-refractivity contribution is -0.150. The van der Waals surface area contributed by atoms with Crippen molar-refractivity contribution in [2.75, 3.05) is 32.1 Å². The number of cyclic esters (lactones) is 2. The van der Waals surface area contributed by atoms with E-state index in [1.807, 2.05) is 73.7 Å². The number of anilines is 1. The predicted molar refractivity (Wildman–Crippen MR) is 237 cm³/mol. The van der Waals surface area contributed by atoms with E-state index in [4.69, 9.17) is 4.74 Å². The molecule has 2 atom stereocenters. The number of nitrogens with one attached hydrogen (secondary N) is 1. The second kappa shape index (κ2) is 28.4. The zero-order valence-electron chi connectivity index (χ0n) is 34.8. The SMILES string of the molecule is C1=CC2CCC1C2.C=C(C)C(=O)OCCN(C)C.C=CC(=C)C.C=Cc1ccc(C=C)cc1.O=C1C=CC(=O)N1.O=C1C=CC(=O)N1c1ccccc1.O=C1C=CC(=O)O1. The van der Waals surface area contributed by atoms with Gasteiger partial charge >= 0.3 is 17.9 Å². The number of hydrogen-bond donors (Lipinski definition) is 1. The Morgan fingerprint density at radius 3 is 1.47 bits per heavy atom. The topological polar surface area (TPSA) is 156 Å². The number of para-hydroxylation sites is 1. The van der Waals surface area contributed by atoms with Gasteiger partial charge in [-0.3, -0.25) is 24.5 Å². The molecule has 3 aliphatic heterocycles. The van der Waals surface area contributed by atoms with E-state index < -0.39 is 11.9 Å². The van der Waals surface area contributed by atoms with Crippen LogP contribution >= 0.6 is 0 Å². The van der Waals surface area contributed by atoms with Crippen molar-refractivity contribution in [3.63, 3.8) is 0 Å². The third kappa shape index (κ3) is 22.0. The average Bonchev–Trinajstić information content (AvgIpc) is 4.10. The number of likely N-dealkylation sites (N-methyl/N-ethyl adjacent to an activating group) is 1. The van der Waals surface area contributed by atoms with E-state index in [2.05, 4.69) is 49.8 Å². The van der Waals surface area contributed by atoms with Gasteiger partial charge in [0.05, 0.1) is 5.69 Å². The third-order valence-corrected chi connectivity index (χ3v) is 8.06. The molecule has 60 heavy (non-hydrogen) atoms. The zero-order chi connectivity index (χ0) is 45.0. The van der Waals surface area contributed by atoms with Crippen LogP contribution in [0.3, 0.4) is 0 Å². The summed E-state index contributed by atoms with van der Waals surface area (Å²) in [7, 11) is 3.85. The summed E-state index contributed by atoms with van der Waals surface area (Å²) in [5, 5.41) is 2.03. The van der Waals surface area contributed by atoms with Gasteiger partial charge in [-0.2, -0.15) is 0 Å². The van der Waals surface area contributed by atoms with Crippen LogP contribution in [0.4, 0.5) is 5.69 Å². The maximum absolute atomic E-state index is 11.2. The Balaban J connectivity index is 0.000000357. The lowest BCUT2D eigenvalue weighted by Gasteiger charge is -2.12. The van der Waals surface area contributed by atoms with Crippen LogP contribution in [0.15, 0.2) is 153 Å². The number of rotatable bonds is 8. The minimum atomic E-state index is -0.579. The van der Waals surface area contributed by atoms with E-state index in [1.54, 1.807) is 37.3 Å². The Kier molecular flexibility index (Phi) is 24.1. The van der Waals surface area contributed by atoms with Gasteiger partial charge in [0.15, 0.2) is 0 Å². The number of allylic oxidation sites excluding steroid dienone is 4. The molecule has 316 valence electrons. The minimum absolute atomic E-state index is 0.281. The van der Waals surface area contributed by atoms with Crippen molar-refractivity contribution < 1.29 is 43.0 Å². The van der Waals surface area contributed by atoms with Gasteiger partial charge in [-0.1, -0.05) is 111 Å². The number of imide groups is 2. The molecule has 2 aromatic carbocycles. The highest BCUT2D eigenvalue weighted by atomic mass is 16.6. The quantitative estimate of drug-likeness (QED) is 0.0716.